The summed E-state index contributed by atoms with van der Waals surface area (Å²) >= 11 is 0. The topological polar surface area (TPSA) is 63.0 Å². The van der Waals surface area contributed by atoms with E-state index in [1.807, 2.05) is 0 Å². The maximum atomic E-state index is 13.3. The van der Waals surface area contributed by atoms with Gasteiger partial charge in [-0.1, -0.05) is 0 Å². The van der Waals surface area contributed by atoms with Crippen molar-refractivity contribution in [1.82, 2.24) is 4.98 Å². The van der Waals surface area contributed by atoms with Gasteiger partial charge >= 0.3 is 5.97 Å². The van der Waals surface area contributed by atoms with Gasteiger partial charge in [-0.2, -0.15) is 9.65 Å². The van der Waals surface area contributed by atoms with E-state index >= 15 is 0 Å². The normalized spacial score (nSPS) is 10.1. The van der Waals surface area contributed by atoms with Crippen LogP contribution in [0.3, 0.4) is 0 Å². The summed E-state index contributed by atoms with van der Waals surface area (Å²) in [5.41, 5.74) is -1.64. The molecule has 1 rings (SSSR count). The quantitative estimate of drug-likeness (QED) is 0.600. The molecule has 0 unspecified atom stereocenters. The molecule has 0 aliphatic carbocycles. The molecule has 0 saturated carbocycles. The van der Waals surface area contributed by atoms with E-state index in [4.69, 9.17) is 5.26 Å². The molecule has 17 heavy (non-hydrogen) atoms. The second-order valence-electron chi connectivity index (χ2n) is 3.04. The zero-order chi connectivity index (χ0) is 13.0. The molecular formula is C10H7F3N2O2. The SMILES string of the molecule is COC(=O)Cc1cc(C#N)c(C(F)F)nc1F. The third-order valence-electron chi connectivity index (χ3n) is 1.97. The van der Waals surface area contributed by atoms with Gasteiger partial charge in [-0.05, 0) is 6.07 Å². The Kier molecular flexibility index (Phi) is 4.04. The van der Waals surface area contributed by atoms with Gasteiger partial charge in [0.25, 0.3) is 6.43 Å². The van der Waals surface area contributed by atoms with Crippen LogP contribution in [0.2, 0.25) is 0 Å². The predicted octanol–water partition coefficient (Wildman–Crippen LogP) is 1.75. The largest absolute Gasteiger partial charge is 0.469 e. The predicted molar refractivity (Wildman–Crippen MR) is 49.6 cm³/mol. The smallest absolute Gasteiger partial charge is 0.310 e. The summed E-state index contributed by atoms with van der Waals surface area (Å²) in [5.74, 6) is -1.95. The Morgan fingerprint density at radius 3 is 2.76 bits per heavy atom. The van der Waals surface area contributed by atoms with E-state index in [1.165, 1.54) is 6.07 Å². The van der Waals surface area contributed by atoms with Gasteiger partial charge in [0.2, 0.25) is 5.95 Å². The maximum Gasteiger partial charge on any atom is 0.310 e. The molecule has 0 aromatic carbocycles. The van der Waals surface area contributed by atoms with E-state index in [0.29, 0.717) is 0 Å². The maximum absolute atomic E-state index is 13.3. The standard InChI is InChI=1S/C10H7F3N2O2/c1-17-7(16)3-5-2-6(4-14)8(9(11)12)15-10(5)13/h2,9H,3H2,1H3. The van der Waals surface area contributed by atoms with Crippen LogP contribution in [0.1, 0.15) is 23.2 Å². The van der Waals surface area contributed by atoms with E-state index < -0.39 is 36.0 Å². The van der Waals surface area contributed by atoms with Gasteiger partial charge in [0.05, 0.1) is 19.1 Å². The minimum Gasteiger partial charge on any atom is -0.469 e. The zero-order valence-electron chi connectivity index (χ0n) is 8.71. The summed E-state index contributed by atoms with van der Waals surface area (Å²) in [5, 5.41) is 8.61. The third-order valence-corrected chi connectivity index (χ3v) is 1.97. The number of carbonyl (C=O) groups excluding carboxylic acids is 1. The first-order chi connectivity index (χ1) is 7.99. The van der Waals surface area contributed by atoms with Gasteiger partial charge in [0.1, 0.15) is 11.8 Å². The zero-order valence-corrected chi connectivity index (χ0v) is 8.71. The number of hydrogen-bond donors (Lipinski definition) is 0. The molecule has 1 aromatic heterocycles. The van der Waals surface area contributed by atoms with Crippen molar-refractivity contribution in [1.29, 1.82) is 5.26 Å². The molecule has 7 heteroatoms. The molecular weight excluding hydrogens is 237 g/mol. The van der Waals surface area contributed by atoms with E-state index in [1.54, 1.807) is 0 Å². The highest BCUT2D eigenvalue weighted by Gasteiger charge is 2.20. The number of pyridine rings is 1. The highest BCUT2D eigenvalue weighted by Crippen LogP contribution is 2.22. The molecule has 1 heterocycles. The number of nitriles is 1. The Hall–Kier alpha value is -2.10. The Bertz CT molecular complexity index is 483. The van der Waals surface area contributed by atoms with Crippen LogP contribution in [-0.4, -0.2) is 18.1 Å². The van der Waals surface area contributed by atoms with Crippen LogP contribution >= 0.6 is 0 Å². The highest BCUT2D eigenvalue weighted by molar-refractivity contribution is 5.72. The molecule has 0 atom stereocenters. The highest BCUT2D eigenvalue weighted by atomic mass is 19.3. The van der Waals surface area contributed by atoms with Gasteiger partial charge in [-0.25, -0.2) is 13.8 Å². The van der Waals surface area contributed by atoms with Gasteiger partial charge in [-0.3, -0.25) is 4.79 Å². The summed E-state index contributed by atoms with van der Waals surface area (Å²) in [6.45, 7) is 0. The van der Waals surface area contributed by atoms with Crippen LogP contribution in [0.5, 0.6) is 0 Å². The van der Waals surface area contributed by atoms with Gasteiger partial charge in [0.15, 0.2) is 0 Å². The lowest BCUT2D eigenvalue weighted by atomic mass is 10.1. The second-order valence-corrected chi connectivity index (χ2v) is 3.04. The van der Waals surface area contributed by atoms with Crippen molar-refractivity contribution in [3.63, 3.8) is 0 Å². The lowest BCUT2D eigenvalue weighted by Gasteiger charge is -2.06. The molecule has 0 bridgehead atoms. The van der Waals surface area contributed by atoms with E-state index in [2.05, 4.69) is 9.72 Å². The molecule has 0 N–H and O–H groups in total. The average molecular weight is 244 g/mol. The molecule has 90 valence electrons. The fraction of sp³-hybridized carbons (Fsp3) is 0.300. The van der Waals surface area contributed by atoms with Crippen LogP contribution in [0.15, 0.2) is 6.07 Å². The molecule has 0 radical (unpaired) electrons. The summed E-state index contributed by atoms with van der Waals surface area (Å²) in [4.78, 5) is 13.9. The number of esters is 1. The number of methoxy groups -OCH3 is 1. The number of nitrogens with zero attached hydrogens (tertiary/aromatic N) is 2. The molecule has 0 spiro atoms. The van der Waals surface area contributed by atoms with Crippen LogP contribution < -0.4 is 0 Å². The Labute approximate surface area is 94.6 Å². The minimum atomic E-state index is -3.05. The number of ether oxygens (including phenoxy) is 1. The molecule has 0 saturated heterocycles. The molecule has 0 aliphatic heterocycles. The van der Waals surface area contributed by atoms with Crippen molar-refractivity contribution in [3.8, 4) is 6.07 Å². The van der Waals surface area contributed by atoms with Crippen LogP contribution in [0.4, 0.5) is 13.2 Å². The number of carbonyl (C=O) groups is 1. The Morgan fingerprint density at radius 1 is 1.65 bits per heavy atom. The fourth-order valence-electron chi connectivity index (χ4n) is 1.15. The number of hydrogen-bond acceptors (Lipinski definition) is 4. The van der Waals surface area contributed by atoms with Crippen molar-refractivity contribution in [2.75, 3.05) is 7.11 Å². The number of aromatic nitrogens is 1. The van der Waals surface area contributed by atoms with Crippen LogP contribution in [-0.2, 0) is 16.0 Å². The van der Waals surface area contributed by atoms with E-state index in [-0.39, 0.29) is 5.56 Å². The molecule has 0 fully saturated rings. The minimum absolute atomic E-state index is 0.252. The summed E-state index contributed by atoms with van der Waals surface area (Å²) < 4.78 is 42.3. The number of alkyl halides is 2. The fourth-order valence-corrected chi connectivity index (χ4v) is 1.15. The summed E-state index contributed by atoms with van der Waals surface area (Å²) in [6.07, 6.45) is -3.51. The number of rotatable bonds is 3. The van der Waals surface area contributed by atoms with E-state index in [0.717, 1.165) is 13.2 Å². The number of halogens is 3. The molecule has 0 aliphatic rings. The van der Waals surface area contributed by atoms with Crippen molar-refractivity contribution in [3.05, 3.63) is 28.8 Å². The first kappa shape index (κ1) is 13.0. The van der Waals surface area contributed by atoms with E-state index in [9.17, 15) is 18.0 Å². The lowest BCUT2D eigenvalue weighted by molar-refractivity contribution is -0.139. The summed E-state index contributed by atoms with van der Waals surface area (Å²) in [7, 11) is 1.10. The lowest BCUT2D eigenvalue weighted by Crippen LogP contribution is -2.09. The van der Waals surface area contributed by atoms with Gasteiger partial charge in [-0.15, -0.1) is 0 Å². The second kappa shape index (κ2) is 5.30. The van der Waals surface area contributed by atoms with Crippen molar-refractivity contribution >= 4 is 5.97 Å². The van der Waals surface area contributed by atoms with Gasteiger partial charge in [0, 0.05) is 5.56 Å². The monoisotopic (exact) mass is 244 g/mol. The van der Waals surface area contributed by atoms with Gasteiger partial charge < -0.3 is 4.74 Å². The Morgan fingerprint density at radius 2 is 2.29 bits per heavy atom. The third kappa shape index (κ3) is 2.93. The average Bonchev–Trinajstić information content (AvgIpc) is 2.30. The molecule has 1 aromatic rings. The summed E-state index contributed by atoms with van der Waals surface area (Å²) in [6, 6.07) is 2.35. The van der Waals surface area contributed by atoms with Crippen molar-refractivity contribution in [2.45, 2.75) is 12.8 Å². The van der Waals surface area contributed by atoms with Crippen molar-refractivity contribution < 1.29 is 22.7 Å². The molecule has 4 nitrogen and oxygen atoms in total. The van der Waals surface area contributed by atoms with Crippen LogP contribution in [0.25, 0.3) is 0 Å². The van der Waals surface area contributed by atoms with Crippen LogP contribution in [0, 0.1) is 17.3 Å². The first-order valence-electron chi connectivity index (χ1n) is 4.44. The Balaban J connectivity index is 3.19. The molecule has 0 amide bonds. The van der Waals surface area contributed by atoms with Crippen molar-refractivity contribution in [2.24, 2.45) is 0 Å². The first-order valence-corrected chi connectivity index (χ1v) is 4.44.